The van der Waals surface area contributed by atoms with Crippen molar-refractivity contribution in [1.29, 1.82) is 0 Å². The van der Waals surface area contributed by atoms with Crippen molar-refractivity contribution in [1.82, 2.24) is 0 Å². The van der Waals surface area contributed by atoms with Crippen LogP contribution in [0.3, 0.4) is 0 Å². The van der Waals surface area contributed by atoms with E-state index in [1.54, 1.807) is 6.92 Å². The van der Waals surface area contributed by atoms with Gasteiger partial charge in [0.2, 0.25) is 0 Å². The number of alkyl halides is 3. The maximum Gasteiger partial charge on any atom is 0.430 e. The van der Waals surface area contributed by atoms with Gasteiger partial charge >= 0.3 is 12.1 Å². The molecule has 1 unspecified atom stereocenters. The molecule has 2 aliphatic heterocycles. The lowest BCUT2D eigenvalue weighted by atomic mass is 9.57. The largest absolute Gasteiger partial charge is 0.542 e. The summed E-state index contributed by atoms with van der Waals surface area (Å²) in [6.07, 6.45) is -1.33. The fourth-order valence-corrected chi connectivity index (χ4v) is 7.05. The number of aliphatic hydroxyl groups excluding tert-OH is 2. The van der Waals surface area contributed by atoms with Crippen molar-refractivity contribution < 1.29 is 57.6 Å². The molecule has 1 spiro atoms. The Bertz CT molecular complexity index is 989. The van der Waals surface area contributed by atoms with Crippen LogP contribution in [0.1, 0.15) is 34.1 Å². The fourth-order valence-electron chi connectivity index (χ4n) is 7.05. The molecule has 40 heavy (non-hydrogen) atoms. The Kier molecular flexibility index (Phi) is 10.1. The molecule has 10 nitrogen and oxygen atoms in total. The molecule has 0 amide bonds. The maximum atomic E-state index is 13.0. The van der Waals surface area contributed by atoms with Gasteiger partial charge in [-0.05, 0) is 25.8 Å². The zero-order valence-electron chi connectivity index (χ0n) is 23.3. The van der Waals surface area contributed by atoms with Crippen LogP contribution in [0.2, 0.25) is 0 Å². The second-order valence-electron chi connectivity index (χ2n) is 11.3. The van der Waals surface area contributed by atoms with Gasteiger partial charge in [0.1, 0.15) is 29.8 Å². The Hall–Kier alpha value is -2.03. The highest BCUT2D eigenvalue weighted by Gasteiger charge is 2.69. The number of hydrogen-bond acceptors (Lipinski definition) is 9. The molecule has 2 fully saturated rings. The summed E-state index contributed by atoms with van der Waals surface area (Å²) in [6, 6.07) is 0.0987. The zero-order chi connectivity index (χ0) is 30.2. The molecule has 4 rings (SSSR count). The van der Waals surface area contributed by atoms with E-state index in [2.05, 4.69) is 37.4 Å². The van der Waals surface area contributed by atoms with Crippen molar-refractivity contribution in [2.45, 2.75) is 82.5 Å². The van der Waals surface area contributed by atoms with Crippen LogP contribution in [0.15, 0.2) is 23.8 Å². The molecule has 6 N–H and O–H groups in total. The monoisotopic (exact) mass is 578 g/mol. The third-order valence-corrected chi connectivity index (χ3v) is 8.86. The summed E-state index contributed by atoms with van der Waals surface area (Å²) in [6.45, 7) is 9.07. The summed E-state index contributed by atoms with van der Waals surface area (Å²) in [5.74, 6) is -3.84. The number of carbonyl (C=O) groups is 2. The number of halogens is 3. The molecule has 1 saturated heterocycles. The smallest absolute Gasteiger partial charge is 0.430 e. The lowest BCUT2D eigenvalue weighted by Gasteiger charge is -2.48. The minimum absolute atomic E-state index is 0.0448. The van der Waals surface area contributed by atoms with Crippen LogP contribution in [0.25, 0.3) is 0 Å². The highest BCUT2D eigenvalue weighted by molar-refractivity contribution is 5.75. The molecule has 0 aromatic carbocycles. The number of methoxy groups -OCH3 is 1. The molecule has 4 aliphatic rings. The third-order valence-electron chi connectivity index (χ3n) is 8.86. The van der Waals surface area contributed by atoms with Gasteiger partial charge in [-0.1, -0.05) is 32.1 Å². The summed E-state index contributed by atoms with van der Waals surface area (Å²) in [5.41, 5.74) is 6.07. The van der Waals surface area contributed by atoms with Crippen LogP contribution >= 0.6 is 0 Å². The van der Waals surface area contributed by atoms with Crippen molar-refractivity contribution >= 4 is 11.9 Å². The van der Waals surface area contributed by atoms with Gasteiger partial charge in [0, 0.05) is 43.2 Å². The van der Waals surface area contributed by atoms with Gasteiger partial charge in [-0.3, -0.25) is 0 Å². The quantitative estimate of drug-likeness (QED) is 0.237. The fraction of sp³-hybridized carbons (Fsp3) is 0.778. The third kappa shape index (κ3) is 5.95. The Morgan fingerprint density at radius 3 is 2.50 bits per heavy atom. The van der Waals surface area contributed by atoms with Crippen molar-refractivity contribution in [2.24, 2.45) is 35.3 Å². The normalized spacial score (nSPS) is 42.9. The molecular weight excluding hydrogens is 537 g/mol. The van der Waals surface area contributed by atoms with Crippen LogP contribution in [-0.4, -0.2) is 90.7 Å². The second kappa shape index (κ2) is 12.5. The number of esters is 1. The molecule has 0 aromatic heterocycles. The first-order valence-electron chi connectivity index (χ1n) is 13.6. The SMILES string of the molecule is CO[C@H]1C[C@H]2C=C[C@H]3[C@H]4O[C@]2(/C(C)=C/[C@@H](C)[C@@H]([C@@H](C)O)OC1=O)[C@@H]3[C@H](O)C(C)[C@@H]4[NH2+]CCN.O=C([O-])C(F)(F)F. The molecule has 2 aliphatic carbocycles. The molecule has 228 valence electrons. The molecule has 13 heteroatoms. The predicted molar refractivity (Wildman–Crippen MR) is 133 cm³/mol. The van der Waals surface area contributed by atoms with Gasteiger partial charge in [-0.25, -0.2) is 4.79 Å². The van der Waals surface area contributed by atoms with E-state index in [0.717, 1.165) is 12.1 Å². The highest BCUT2D eigenvalue weighted by atomic mass is 19.4. The molecule has 2 heterocycles. The summed E-state index contributed by atoms with van der Waals surface area (Å²) < 4.78 is 49.9. The van der Waals surface area contributed by atoms with E-state index < -0.39 is 48.1 Å². The van der Waals surface area contributed by atoms with Gasteiger partial charge in [0.15, 0.2) is 6.10 Å². The Labute approximate surface area is 231 Å². The first kappa shape index (κ1) is 32.5. The number of carboxylic acid groups (broad SMARTS) is 1. The van der Waals surface area contributed by atoms with Crippen LogP contribution in [0.5, 0.6) is 0 Å². The van der Waals surface area contributed by atoms with E-state index in [1.165, 1.54) is 7.11 Å². The summed E-state index contributed by atoms with van der Waals surface area (Å²) >= 11 is 0. The van der Waals surface area contributed by atoms with Crippen molar-refractivity contribution in [3.63, 3.8) is 0 Å². The van der Waals surface area contributed by atoms with E-state index in [-0.39, 0.29) is 41.7 Å². The van der Waals surface area contributed by atoms with Crippen molar-refractivity contribution in [3.05, 3.63) is 23.8 Å². The summed E-state index contributed by atoms with van der Waals surface area (Å²) in [4.78, 5) is 21.8. The molecule has 0 radical (unpaired) electrons. The van der Waals surface area contributed by atoms with Gasteiger partial charge in [0.05, 0.1) is 18.8 Å². The Morgan fingerprint density at radius 1 is 1.35 bits per heavy atom. The number of ether oxygens (including phenoxy) is 3. The van der Waals surface area contributed by atoms with E-state index in [0.29, 0.717) is 13.0 Å². The highest BCUT2D eigenvalue weighted by Crippen LogP contribution is 2.60. The predicted octanol–water partition coefficient (Wildman–Crippen LogP) is -0.964. The number of quaternary nitrogens is 1. The minimum Gasteiger partial charge on any atom is -0.542 e. The van der Waals surface area contributed by atoms with E-state index in [4.69, 9.17) is 29.8 Å². The van der Waals surface area contributed by atoms with Crippen LogP contribution in [0.4, 0.5) is 13.2 Å². The maximum absolute atomic E-state index is 13.0. The number of carboxylic acids is 1. The van der Waals surface area contributed by atoms with E-state index in [9.17, 15) is 28.2 Å². The lowest BCUT2D eigenvalue weighted by molar-refractivity contribution is -0.704. The number of nitrogens with two attached hydrogens (primary N) is 2. The molecule has 4 bridgehead atoms. The average Bonchev–Trinajstić information content (AvgIpc) is 3.06. The molecular formula is C27H41F3N2O8. The van der Waals surface area contributed by atoms with Crippen LogP contribution in [0, 0.1) is 29.6 Å². The van der Waals surface area contributed by atoms with Gasteiger partial charge in [-0.15, -0.1) is 0 Å². The number of cyclic esters (lactones) is 1. The molecule has 12 atom stereocenters. The topological polar surface area (TPSA) is 168 Å². The second-order valence-corrected chi connectivity index (χ2v) is 11.3. The van der Waals surface area contributed by atoms with E-state index in [1.807, 2.05) is 6.92 Å². The van der Waals surface area contributed by atoms with Gasteiger partial charge in [0.25, 0.3) is 0 Å². The average molecular weight is 579 g/mol. The number of aliphatic hydroxyl groups is 2. The van der Waals surface area contributed by atoms with Gasteiger partial charge < -0.3 is 45.4 Å². The lowest BCUT2D eigenvalue weighted by Crippen LogP contribution is -2.96. The zero-order valence-corrected chi connectivity index (χ0v) is 23.3. The molecule has 0 aromatic rings. The Balaban J connectivity index is 0.000000559. The number of rotatable bonds is 5. The van der Waals surface area contributed by atoms with Crippen LogP contribution < -0.4 is 16.2 Å². The Morgan fingerprint density at radius 2 is 1.98 bits per heavy atom. The number of aliphatic carboxylic acids is 1. The number of carbonyl (C=O) groups excluding carboxylic acids is 2. The summed E-state index contributed by atoms with van der Waals surface area (Å²) in [7, 11) is 1.51. The van der Waals surface area contributed by atoms with E-state index >= 15 is 0 Å². The van der Waals surface area contributed by atoms with Crippen molar-refractivity contribution in [3.8, 4) is 0 Å². The minimum atomic E-state index is -5.19. The van der Waals surface area contributed by atoms with Crippen molar-refractivity contribution in [2.75, 3.05) is 20.2 Å². The van der Waals surface area contributed by atoms with Gasteiger partial charge in [-0.2, -0.15) is 13.2 Å². The number of hydrogen-bond donors (Lipinski definition) is 4. The first-order valence-corrected chi connectivity index (χ1v) is 13.6. The van der Waals surface area contributed by atoms with Crippen LogP contribution in [-0.2, 0) is 23.8 Å². The standard InChI is InChI=1S/C25H40N2O6.C2HF3O2/c1-12-10-13(2)25-16(11-18(31-5)24(30)32-22(12)15(4)28)6-7-17-19(25)21(29)14(3)20(23(17)33-25)27-9-8-26;3-2(4,5)1(6)7/h6-7,10,12,14-23,27-29H,8-9,11,26H2,1-5H3;(H,6,7)/b13-10+;/t12-,14?,15-,16-,17-,18+,19+,20+,21-,22+,23-,25+;/m1./s1. The molecule has 1 saturated carbocycles. The summed E-state index contributed by atoms with van der Waals surface area (Å²) in [5, 5.41) is 33.0. The first-order chi connectivity index (χ1) is 18.6.